The normalized spacial score (nSPS) is 19.0. The fourth-order valence-electron chi connectivity index (χ4n) is 2.72. The molecule has 1 saturated heterocycles. The molecule has 1 unspecified atom stereocenters. The minimum absolute atomic E-state index is 0.781. The van der Waals surface area contributed by atoms with Crippen molar-refractivity contribution in [3.63, 3.8) is 0 Å². The zero-order chi connectivity index (χ0) is 13.1. The molecule has 0 aromatic heterocycles. The number of unbranched alkanes of at least 4 members (excludes halogenated alkanes) is 2. The van der Waals surface area contributed by atoms with Crippen molar-refractivity contribution in [2.45, 2.75) is 45.4 Å². The lowest BCUT2D eigenvalue weighted by Crippen LogP contribution is -2.36. The van der Waals surface area contributed by atoms with Gasteiger partial charge in [0.25, 0.3) is 0 Å². The molecule has 1 fully saturated rings. The smallest absolute Gasteiger partial charge is 0.0594 e. The Balaban J connectivity index is 1.95. The minimum atomic E-state index is 0.781. The number of morpholine rings is 1. The van der Waals surface area contributed by atoms with Crippen LogP contribution in [0, 0.1) is 5.92 Å². The Morgan fingerprint density at radius 3 is 2.56 bits per heavy atom. The number of hydrogen-bond donors (Lipinski definition) is 0. The van der Waals surface area contributed by atoms with Crippen molar-refractivity contribution in [1.82, 2.24) is 4.90 Å². The Morgan fingerprint density at radius 2 is 1.89 bits per heavy atom. The first kappa shape index (κ1) is 15.9. The van der Waals surface area contributed by atoms with Crippen LogP contribution in [0.1, 0.15) is 45.4 Å². The van der Waals surface area contributed by atoms with Crippen LogP contribution in [0.3, 0.4) is 0 Å². The second-order valence-corrected chi connectivity index (χ2v) is 5.41. The second kappa shape index (κ2) is 10.8. The highest BCUT2D eigenvalue weighted by molar-refractivity contribution is 4.63. The van der Waals surface area contributed by atoms with Gasteiger partial charge >= 0.3 is 0 Å². The van der Waals surface area contributed by atoms with Gasteiger partial charge in [-0.25, -0.2) is 0 Å². The standard InChI is InChI=1S/C15H31NO2/c1-3-7-15(14-17-2)8-5-4-6-9-16-10-12-18-13-11-16/h15H,3-14H2,1-2H3. The monoisotopic (exact) mass is 257 g/mol. The van der Waals surface area contributed by atoms with E-state index in [4.69, 9.17) is 9.47 Å². The van der Waals surface area contributed by atoms with Crippen molar-refractivity contribution in [2.75, 3.05) is 46.6 Å². The Kier molecular flexibility index (Phi) is 9.54. The zero-order valence-corrected chi connectivity index (χ0v) is 12.3. The third-order valence-electron chi connectivity index (χ3n) is 3.79. The molecule has 108 valence electrons. The van der Waals surface area contributed by atoms with Gasteiger partial charge in [-0.15, -0.1) is 0 Å². The summed E-state index contributed by atoms with van der Waals surface area (Å²) in [6.07, 6.45) is 8.00. The van der Waals surface area contributed by atoms with Gasteiger partial charge < -0.3 is 9.47 Å². The molecule has 0 aromatic rings. The van der Waals surface area contributed by atoms with Crippen molar-refractivity contribution in [3.8, 4) is 0 Å². The first-order valence-electron chi connectivity index (χ1n) is 7.65. The quantitative estimate of drug-likeness (QED) is 0.562. The fourth-order valence-corrected chi connectivity index (χ4v) is 2.72. The van der Waals surface area contributed by atoms with E-state index in [1.807, 2.05) is 7.11 Å². The molecule has 0 radical (unpaired) electrons. The Bertz CT molecular complexity index is 175. The third-order valence-corrected chi connectivity index (χ3v) is 3.79. The van der Waals surface area contributed by atoms with Gasteiger partial charge in [0, 0.05) is 26.8 Å². The van der Waals surface area contributed by atoms with Gasteiger partial charge in [0.1, 0.15) is 0 Å². The molecule has 1 rings (SSSR count). The van der Waals surface area contributed by atoms with Gasteiger partial charge in [-0.3, -0.25) is 4.90 Å². The average Bonchev–Trinajstić information content (AvgIpc) is 2.40. The van der Waals surface area contributed by atoms with E-state index in [9.17, 15) is 0 Å². The Morgan fingerprint density at radius 1 is 1.11 bits per heavy atom. The number of ether oxygens (including phenoxy) is 2. The topological polar surface area (TPSA) is 21.7 Å². The highest BCUT2D eigenvalue weighted by Crippen LogP contribution is 2.16. The Hall–Kier alpha value is -0.120. The maximum atomic E-state index is 5.36. The van der Waals surface area contributed by atoms with E-state index in [1.165, 1.54) is 45.1 Å². The molecule has 0 N–H and O–H groups in total. The molecular weight excluding hydrogens is 226 g/mol. The molecule has 0 spiro atoms. The summed E-state index contributed by atoms with van der Waals surface area (Å²) in [5, 5.41) is 0. The van der Waals surface area contributed by atoms with Gasteiger partial charge in [-0.2, -0.15) is 0 Å². The van der Waals surface area contributed by atoms with Gasteiger partial charge in [-0.05, 0) is 31.7 Å². The molecule has 0 aromatic carbocycles. The second-order valence-electron chi connectivity index (χ2n) is 5.41. The van der Waals surface area contributed by atoms with Crippen LogP contribution in [-0.2, 0) is 9.47 Å². The predicted octanol–water partition coefficient (Wildman–Crippen LogP) is 2.94. The summed E-state index contributed by atoms with van der Waals surface area (Å²) < 4.78 is 10.6. The first-order valence-corrected chi connectivity index (χ1v) is 7.65. The molecule has 1 heterocycles. The highest BCUT2D eigenvalue weighted by atomic mass is 16.5. The van der Waals surface area contributed by atoms with Crippen molar-refractivity contribution in [1.29, 1.82) is 0 Å². The first-order chi connectivity index (χ1) is 8.86. The predicted molar refractivity (Wildman–Crippen MR) is 76.0 cm³/mol. The van der Waals surface area contributed by atoms with Crippen LogP contribution in [0.15, 0.2) is 0 Å². The van der Waals surface area contributed by atoms with Gasteiger partial charge in [0.05, 0.1) is 13.2 Å². The van der Waals surface area contributed by atoms with E-state index in [0.717, 1.165) is 38.8 Å². The lowest BCUT2D eigenvalue weighted by atomic mass is 9.97. The van der Waals surface area contributed by atoms with Gasteiger partial charge in [0.15, 0.2) is 0 Å². The van der Waals surface area contributed by atoms with Crippen LogP contribution >= 0.6 is 0 Å². The molecule has 1 atom stereocenters. The Labute approximate surface area is 113 Å². The van der Waals surface area contributed by atoms with Crippen LogP contribution in [0.4, 0.5) is 0 Å². The molecular formula is C15H31NO2. The summed E-state index contributed by atoms with van der Waals surface area (Å²) in [5.74, 6) is 0.781. The summed E-state index contributed by atoms with van der Waals surface area (Å²) in [6, 6.07) is 0. The third kappa shape index (κ3) is 7.34. The maximum Gasteiger partial charge on any atom is 0.0594 e. The molecule has 3 nitrogen and oxygen atoms in total. The highest BCUT2D eigenvalue weighted by Gasteiger charge is 2.10. The van der Waals surface area contributed by atoms with Gasteiger partial charge in [0.2, 0.25) is 0 Å². The van der Waals surface area contributed by atoms with Crippen molar-refractivity contribution < 1.29 is 9.47 Å². The minimum Gasteiger partial charge on any atom is -0.384 e. The maximum absolute atomic E-state index is 5.36. The molecule has 0 aliphatic carbocycles. The van der Waals surface area contributed by atoms with E-state index in [0.29, 0.717) is 0 Å². The summed E-state index contributed by atoms with van der Waals surface area (Å²) in [6.45, 7) is 8.56. The number of hydrogen-bond acceptors (Lipinski definition) is 3. The zero-order valence-electron chi connectivity index (χ0n) is 12.3. The lowest BCUT2D eigenvalue weighted by molar-refractivity contribution is 0.0370. The number of nitrogens with zero attached hydrogens (tertiary/aromatic N) is 1. The van der Waals surface area contributed by atoms with Crippen LogP contribution in [0.25, 0.3) is 0 Å². The van der Waals surface area contributed by atoms with E-state index < -0.39 is 0 Å². The van der Waals surface area contributed by atoms with Crippen LogP contribution in [0.2, 0.25) is 0 Å². The van der Waals surface area contributed by atoms with Crippen molar-refractivity contribution in [3.05, 3.63) is 0 Å². The van der Waals surface area contributed by atoms with Crippen molar-refractivity contribution in [2.24, 2.45) is 5.92 Å². The summed E-state index contributed by atoms with van der Waals surface area (Å²) in [7, 11) is 1.82. The van der Waals surface area contributed by atoms with E-state index in [-0.39, 0.29) is 0 Å². The molecule has 18 heavy (non-hydrogen) atoms. The van der Waals surface area contributed by atoms with E-state index in [1.54, 1.807) is 0 Å². The number of methoxy groups -OCH3 is 1. The molecule has 0 saturated carbocycles. The number of rotatable bonds is 10. The summed E-state index contributed by atoms with van der Waals surface area (Å²) in [5.41, 5.74) is 0. The molecule has 1 aliphatic rings. The summed E-state index contributed by atoms with van der Waals surface area (Å²) >= 11 is 0. The molecule has 0 bridgehead atoms. The van der Waals surface area contributed by atoms with E-state index >= 15 is 0 Å². The van der Waals surface area contributed by atoms with E-state index in [2.05, 4.69) is 11.8 Å². The molecule has 0 amide bonds. The largest absolute Gasteiger partial charge is 0.384 e. The van der Waals surface area contributed by atoms with Crippen LogP contribution in [0.5, 0.6) is 0 Å². The average molecular weight is 257 g/mol. The van der Waals surface area contributed by atoms with Crippen LogP contribution < -0.4 is 0 Å². The lowest BCUT2D eigenvalue weighted by Gasteiger charge is -2.26. The van der Waals surface area contributed by atoms with Crippen LogP contribution in [-0.4, -0.2) is 51.5 Å². The molecule has 1 aliphatic heterocycles. The van der Waals surface area contributed by atoms with Crippen molar-refractivity contribution >= 4 is 0 Å². The summed E-state index contributed by atoms with van der Waals surface area (Å²) in [4.78, 5) is 2.53. The fraction of sp³-hybridized carbons (Fsp3) is 1.00. The van der Waals surface area contributed by atoms with Gasteiger partial charge in [-0.1, -0.05) is 26.2 Å². The molecule has 3 heteroatoms. The SMILES string of the molecule is CCCC(CCCCCN1CCOCC1)COC.